The van der Waals surface area contributed by atoms with Gasteiger partial charge in [0, 0.05) is 10.7 Å². The first-order valence-corrected chi connectivity index (χ1v) is 5.00. The first kappa shape index (κ1) is 12.5. The van der Waals surface area contributed by atoms with Crippen LogP contribution < -0.4 is 5.56 Å². The summed E-state index contributed by atoms with van der Waals surface area (Å²) in [5.41, 5.74) is 0.344. The molecule has 0 fully saturated rings. The first-order valence-electron chi connectivity index (χ1n) is 4.62. The van der Waals surface area contributed by atoms with Crippen molar-refractivity contribution in [1.82, 2.24) is 4.57 Å². The van der Waals surface area contributed by atoms with Gasteiger partial charge in [-0.25, -0.2) is 4.79 Å². The second kappa shape index (κ2) is 4.53. The number of aromatic carboxylic acids is 1. The van der Waals surface area contributed by atoms with Crippen LogP contribution in [0.2, 0.25) is 0 Å². The van der Waals surface area contributed by atoms with Gasteiger partial charge in [0.1, 0.15) is 5.56 Å². The largest absolute Gasteiger partial charge is 0.477 e. The van der Waals surface area contributed by atoms with Crippen LogP contribution >= 0.6 is 11.6 Å². The standard InChI is InChI=1S/C11H12ClNO3/c1-6-4-8(3)13(5-7(2)12)10(14)9(6)11(15)16/h4H,2,5H2,1,3H3,(H,15,16). The predicted molar refractivity (Wildman–Crippen MR) is 62.1 cm³/mol. The second-order valence-corrected chi connectivity index (χ2v) is 4.09. The predicted octanol–water partition coefficient (Wildman–Crippen LogP) is 1.92. The van der Waals surface area contributed by atoms with Gasteiger partial charge in [-0.2, -0.15) is 0 Å². The maximum absolute atomic E-state index is 11.9. The van der Waals surface area contributed by atoms with Crippen molar-refractivity contribution in [3.05, 3.63) is 44.9 Å². The van der Waals surface area contributed by atoms with E-state index >= 15 is 0 Å². The highest BCUT2D eigenvalue weighted by atomic mass is 35.5. The van der Waals surface area contributed by atoms with Gasteiger partial charge in [-0.15, -0.1) is 0 Å². The lowest BCUT2D eigenvalue weighted by atomic mass is 10.1. The van der Waals surface area contributed by atoms with Gasteiger partial charge in [0.05, 0.1) is 6.54 Å². The molecule has 1 heterocycles. The number of carboxylic acids is 1. The van der Waals surface area contributed by atoms with E-state index in [2.05, 4.69) is 6.58 Å². The molecule has 0 radical (unpaired) electrons. The van der Waals surface area contributed by atoms with E-state index < -0.39 is 11.5 Å². The second-order valence-electron chi connectivity index (χ2n) is 3.56. The molecule has 0 aliphatic rings. The number of carboxylic acid groups (broad SMARTS) is 1. The fraction of sp³-hybridized carbons (Fsp3) is 0.273. The normalized spacial score (nSPS) is 10.2. The Bertz CT molecular complexity index is 517. The van der Waals surface area contributed by atoms with Gasteiger partial charge in [0.2, 0.25) is 0 Å². The van der Waals surface area contributed by atoms with Gasteiger partial charge in [-0.05, 0) is 25.5 Å². The summed E-state index contributed by atoms with van der Waals surface area (Å²) in [5, 5.41) is 9.21. The Labute approximate surface area is 97.8 Å². The number of aryl methyl sites for hydroxylation is 2. The Hall–Kier alpha value is -1.55. The third-order valence-corrected chi connectivity index (χ3v) is 2.37. The molecule has 0 saturated carbocycles. The summed E-state index contributed by atoms with van der Waals surface area (Å²) < 4.78 is 1.30. The quantitative estimate of drug-likeness (QED) is 0.880. The van der Waals surface area contributed by atoms with Crippen molar-refractivity contribution in [1.29, 1.82) is 0 Å². The summed E-state index contributed by atoms with van der Waals surface area (Å²) in [6, 6.07) is 1.64. The molecule has 0 spiro atoms. The number of hydrogen-bond donors (Lipinski definition) is 1. The minimum absolute atomic E-state index is 0.118. The number of carbonyl (C=O) groups is 1. The molecular weight excluding hydrogens is 230 g/mol. The van der Waals surface area contributed by atoms with Crippen LogP contribution in [0.25, 0.3) is 0 Å². The van der Waals surface area contributed by atoms with Crippen molar-refractivity contribution in [3.63, 3.8) is 0 Å². The van der Waals surface area contributed by atoms with Crippen LogP contribution in [0.1, 0.15) is 21.6 Å². The number of rotatable bonds is 3. The van der Waals surface area contributed by atoms with Gasteiger partial charge in [-0.1, -0.05) is 18.2 Å². The smallest absolute Gasteiger partial charge is 0.341 e. The molecule has 86 valence electrons. The van der Waals surface area contributed by atoms with E-state index in [0.717, 1.165) is 0 Å². The molecule has 0 amide bonds. The van der Waals surface area contributed by atoms with Crippen molar-refractivity contribution in [2.24, 2.45) is 0 Å². The fourth-order valence-corrected chi connectivity index (χ4v) is 1.67. The molecule has 0 unspecified atom stereocenters. The summed E-state index contributed by atoms with van der Waals surface area (Å²) in [4.78, 5) is 22.8. The fourth-order valence-electron chi connectivity index (χ4n) is 1.56. The van der Waals surface area contributed by atoms with Crippen molar-refractivity contribution >= 4 is 17.6 Å². The van der Waals surface area contributed by atoms with Crippen molar-refractivity contribution in [2.75, 3.05) is 0 Å². The summed E-state index contributed by atoms with van der Waals surface area (Å²) in [5.74, 6) is -1.23. The van der Waals surface area contributed by atoms with Crippen molar-refractivity contribution in [3.8, 4) is 0 Å². The molecule has 1 aromatic heterocycles. The Morgan fingerprint density at radius 1 is 1.56 bits per heavy atom. The molecule has 0 saturated heterocycles. The number of hydrogen-bond acceptors (Lipinski definition) is 2. The van der Waals surface area contributed by atoms with Gasteiger partial charge < -0.3 is 9.67 Å². The Kier molecular flexibility index (Phi) is 3.55. The van der Waals surface area contributed by atoms with E-state index in [9.17, 15) is 9.59 Å². The average molecular weight is 242 g/mol. The van der Waals surface area contributed by atoms with Crippen molar-refractivity contribution in [2.45, 2.75) is 20.4 Å². The number of allylic oxidation sites excluding steroid dienone is 1. The lowest BCUT2D eigenvalue weighted by Gasteiger charge is -2.11. The molecule has 16 heavy (non-hydrogen) atoms. The third-order valence-electron chi connectivity index (χ3n) is 2.25. The molecule has 0 aliphatic carbocycles. The van der Waals surface area contributed by atoms with E-state index in [4.69, 9.17) is 16.7 Å². The van der Waals surface area contributed by atoms with Gasteiger partial charge in [0.25, 0.3) is 5.56 Å². The highest BCUT2D eigenvalue weighted by Crippen LogP contribution is 2.09. The minimum atomic E-state index is -1.23. The maximum Gasteiger partial charge on any atom is 0.341 e. The van der Waals surface area contributed by atoms with Crippen molar-refractivity contribution < 1.29 is 9.90 Å². The molecule has 0 aromatic carbocycles. The summed E-state index contributed by atoms with van der Waals surface area (Å²) in [7, 11) is 0. The molecule has 0 aliphatic heterocycles. The highest BCUT2D eigenvalue weighted by molar-refractivity contribution is 6.29. The molecule has 0 atom stereocenters. The monoisotopic (exact) mass is 241 g/mol. The van der Waals surface area contributed by atoms with E-state index in [1.165, 1.54) is 4.57 Å². The topological polar surface area (TPSA) is 59.3 Å². The average Bonchev–Trinajstić information content (AvgIpc) is 2.10. The number of pyridine rings is 1. The Morgan fingerprint density at radius 3 is 2.56 bits per heavy atom. The molecular formula is C11H12ClNO3. The van der Waals surface area contributed by atoms with E-state index in [0.29, 0.717) is 11.3 Å². The first-order chi connectivity index (χ1) is 7.34. The van der Waals surface area contributed by atoms with Crippen LogP contribution in [-0.2, 0) is 6.54 Å². The zero-order valence-electron chi connectivity index (χ0n) is 9.08. The van der Waals surface area contributed by atoms with Crippen LogP contribution in [0.3, 0.4) is 0 Å². The lowest BCUT2D eigenvalue weighted by molar-refractivity contribution is 0.0693. The van der Waals surface area contributed by atoms with Crippen LogP contribution in [0.5, 0.6) is 0 Å². The SMILES string of the molecule is C=C(Cl)Cn1c(C)cc(C)c(C(=O)O)c1=O. The highest BCUT2D eigenvalue weighted by Gasteiger charge is 2.16. The minimum Gasteiger partial charge on any atom is -0.477 e. The van der Waals surface area contributed by atoms with E-state index in [1.807, 2.05) is 0 Å². The van der Waals surface area contributed by atoms with Crippen LogP contribution in [0, 0.1) is 13.8 Å². The molecule has 5 heteroatoms. The molecule has 1 N–H and O–H groups in total. The molecule has 1 rings (SSSR count). The van der Waals surface area contributed by atoms with Crippen LogP contribution in [-0.4, -0.2) is 15.6 Å². The van der Waals surface area contributed by atoms with E-state index in [-0.39, 0.29) is 17.1 Å². The Balaban J connectivity index is 3.51. The van der Waals surface area contributed by atoms with Gasteiger partial charge in [0.15, 0.2) is 0 Å². The number of nitrogens with zero attached hydrogens (tertiary/aromatic N) is 1. The van der Waals surface area contributed by atoms with E-state index in [1.54, 1.807) is 19.9 Å². The molecule has 4 nitrogen and oxygen atoms in total. The third kappa shape index (κ3) is 2.33. The van der Waals surface area contributed by atoms with Crippen LogP contribution in [0.15, 0.2) is 22.5 Å². The molecule has 1 aromatic rings. The number of halogens is 1. The maximum atomic E-state index is 11.9. The summed E-state index contributed by atoms with van der Waals surface area (Å²) in [6.45, 7) is 6.92. The summed E-state index contributed by atoms with van der Waals surface area (Å²) in [6.07, 6.45) is 0. The summed E-state index contributed by atoms with van der Waals surface area (Å²) >= 11 is 5.63. The Morgan fingerprint density at radius 2 is 2.12 bits per heavy atom. The molecule has 0 bridgehead atoms. The number of aromatic nitrogens is 1. The zero-order chi connectivity index (χ0) is 12.5. The van der Waals surface area contributed by atoms with Gasteiger partial charge in [-0.3, -0.25) is 4.79 Å². The lowest BCUT2D eigenvalue weighted by Crippen LogP contribution is -2.29. The zero-order valence-corrected chi connectivity index (χ0v) is 9.84. The van der Waals surface area contributed by atoms with Crippen LogP contribution in [0.4, 0.5) is 0 Å². The van der Waals surface area contributed by atoms with Gasteiger partial charge >= 0.3 is 5.97 Å².